The first-order valence-corrected chi connectivity index (χ1v) is 8.53. The third kappa shape index (κ3) is 3.41. The van der Waals surface area contributed by atoms with Crippen molar-refractivity contribution < 1.29 is 9.59 Å². The lowest BCUT2D eigenvalue weighted by Crippen LogP contribution is -2.41. The third-order valence-electron chi connectivity index (χ3n) is 4.88. The van der Waals surface area contributed by atoms with Gasteiger partial charge >= 0.3 is 0 Å². The lowest BCUT2D eigenvalue weighted by molar-refractivity contribution is -0.134. The number of anilines is 1. The van der Waals surface area contributed by atoms with Crippen molar-refractivity contribution in [3.8, 4) is 0 Å². The quantitative estimate of drug-likeness (QED) is 0.909. The molecule has 2 aliphatic rings. The van der Waals surface area contributed by atoms with E-state index in [2.05, 4.69) is 32.2 Å². The number of amides is 2. The fourth-order valence-corrected chi connectivity index (χ4v) is 3.75. The maximum Gasteiger partial charge on any atom is 0.232 e. The molecule has 0 radical (unpaired) electrons. The molecule has 2 aliphatic heterocycles. The summed E-state index contributed by atoms with van der Waals surface area (Å²) in [5.74, 6) is 0.640. The van der Waals surface area contributed by atoms with Crippen molar-refractivity contribution in [2.45, 2.75) is 46.0 Å². The first kappa shape index (κ1) is 16.0. The second kappa shape index (κ2) is 5.99. The number of piperidine rings is 1. The van der Waals surface area contributed by atoms with E-state index >= 15 is 0 Å². The number of nitrogens with one attached hydrogen (secondary N) is 1. The van der Waals surface area contributed by atoms with E-state index < -0.39 is 0 Å². The van der Waals surface area contributed by atoms with Crippen LogP contribution in [0.25, 0.3) is 0 Å². The number of nitrogens with zero attached hydrogens (tertiary/aromatic N) is 1. The lowest BCUT2D eigenvalue weighted by Gasteiger charge is -2.35. The van der Waals surface area contributed by atoms with E-state index in [4.69, 9.17) is 0 Å². The zero-order valence-corrected chi connectivity index (χ0v) is 14.3. The van der Waals surface area contributed by atoms with Crippen LogP contribution in [-0.2, 0) is 9.59 Å². The SMILES string of the molecule is CC(C)(C)CC(=O)N1CCC(C2C(=O)Nc3ccccc32)CC1. The van der Waals surface area contributed by atoms with Crippen LogP contribution in [0.2, 0.25) is 0 Å². The van der Waals surface area contributed by atoms with Gasteiger partial charge in [-0.1, -0.05) is 39.0 Å². The maximum absolute atomic E-state index is 12.4. The summed E-state index contributed by atoms with van der Waals surface area (Å²) in [5.41, 5.74) is 2.10. The molecular formula is C19H26N2O2. The van der Waals surface area contributed by atoms with E-state index in [9.17, 15) is 9.59 Å². The predicted molar refractivity (Wildman–Crippen MR) is 91.2 cm³/mol. The summed E-state index contributed by atoms with van der Waals surface area (Å²) in [6.45, 7) is 7.82. The molecule has 1 saturated heterocycles. The van der Waals surface area contributed by atoms with Crippen LogP contribution >= 0.6 is 0 Å². The van der Waals surface area contributed by atoms with Crippen molar-refractivity contribution in [1.82, 2.24) is 4.90 Å². The van der Waals surface area contributed by atoms with Gasteiger partial charge in [0.05, 0.1) is 5.92 Å². The summed E-state index contributed by atoms with van der Waals surface area (Å²) >= 11 is 0. The number of para-hydroxylation sites is 1. The predicted octanol–water partition coefficient (Wildman–Crippen LogP) is 3.40. The molecular weight excluding hydrogens is 288 g/mol. The van der Waals surface area contributed by atoms with Crippen molar-refractivity contribution in [2.75, 3.05) is 18.4 Å². The minimum atomic E-state index is -0.0499. The second-order valence-corrected chi connectivity index (χ2v) is 8.01. The highest BCUT2D eigenvalue weighted by Gasteiger charge is 2.38. The molecule has 0 aromatic heterocycles. The van der Waals surface area contributed by atoms with Gasteiger partial charge in [-0.15, -0.1) is 0 Å². The topological polar surface area (TPSA) is 49.4 Å². The summed E-state index contributed by atoms with van der Waals surface area (Å²) in [6, 6.07) is 7.97. The van der Waals surface area contributed by atoms with Crippen LogP contribution < -0.4 is 5.32 Å². The Balaban J connectivity index is 1.64. The largest absolute Gasteiger partial charge is 0.343 e. The number of fused-ring (bicyclic) bond motifs is 1. The van der Waals surface area contributed by atoms with Gasteiger partial charge in [-0.2, -0.15) is 0 Å². The first-order valence-electron chi connectivity index (χ1n) is 8.53. The van der Waals surface area contributed by atoms with E-state index in [-0.39, 0.29) is 23.1 Å². The van der Waals surface area contributed by atoms with E-state index in [1.54, 1.807) is 0 Å². The van der Waals surface area contributed by atoms with Crippen molar-refractivity contribution in [1.29, 1.82) is 0 Å². The van der Waals surface area contributed by atoms with Crippen LogP contribution in [-0.4, -0.2) is 29.8 Å². The molecule has 1 aromatic carbocycles. The third-order valence-corrected chi connectivity index (χ3v) is 4.88. The summed E-state index contributed by atoms with van der Waals surface area (Å²) in [4.78, 5) is 26.7. The zero-order valence-electron chi connectivity index (χ0n) is 14.3. The number of hydrogen-bond donors (Lipinski definition) is 1. The fraction of sp³-hybridized carbons (Fsp3) is 0.579. The molecule has 2 heterocycles. The van der Waals surface area contributed by atoms with E-state index in [1.165, 1.54) is 0 Å². The van der Waals surface area contributed by atoms with Crippen molar-refractivity contribution in [2.24, 2.45) is 11.3 Å². The van der Waals surface area contributed by atoms with Crippen molar-refractivity contribution >= 4 is 17.5 Å². The number of carbonyl (C=O) groups excluding carboxylic acids is 2. The highest BCUT2D eigenvalue weighted by atomic mass is 16.2. The highest BCUT2D eigenvalue weighted by molar-refractivity contribution is 6.03. The van der Waals surface area contributed by atoms with Crippen LogP contribution in [0.15, 0.2) is 24.3 Å². The number of rotatable bonds is 2. The van der Waals surface area contributed by atoms with Gasteiger partial charge in [-0.05, 0) is 35.8 Å². The molecule has 0 spiro atoms. The minimum Gasteiger partial charge on any atom is -0.343 e. The van der Waals surface area contributed by atoms with E-state index in [0.29, 0.717) is 12.3 Å². The molecule has 4 nitrogen and oxygen atoms in total. The van der Waals surface area contributed by atoms with Gasteiger partial charge in [0.1, 0.15) is 0 Å². The molecule has 1 fully saturated rings. The average Bonchev–Trinajstić information content (AvgIpc) is 2.81. The highest BCUT2D eigenvalue weighted by Crippen LogP contribution is 2.41. The molecule has 0 bridgehead atoms. The molecule has 124 valence electrons. The van der Waals surface area contributed by atoms with Gasteiger partial charge in [-0.3, -0.25) is 9.59 Å². The molecule has 1 N–H and O–H groups in total. The van der Waals surface area contributed by atoms with Gasteiger partial charge in [0, 0.05) is 25.2 Å². The lowest BCUT2D eigenvalue weighted by atomic mass is 9.80. The Kier molecular flexibility index (Phi) is 4.17. The van der Waals surface area contributed by atoms with Crippen molar-refractivity contribution in [3.05, 3.63) is 29.8 Å². The Morgan fingerprint density at radius 2 is 1.87 bits per heavy atom. The summed E-state index contributed by atoms with van der Waals surface area (Å²) in [5, 5.41) is 2.99. The minimum absolute atomic E-state index is 0.0260. The standard InChI is InChI=1S/C19H26N2O2/c1-19(2,3)12-16(22)21-10-8-13(9-11-21)17-14-6-4-5-7-15(14)20-18(17)23/h4-7,13,17H,8-12H2,1-3H3,(H,20,23). The van der Waals surface area contributed by atoms with Crippen LogP contribution in [0.4, 0.5) is 5.69 Å². The molecule has 1 aromatic rings. The Bertz CT molecular complexity index is 610. The first-order chi connectivity index (χ1) is 10.8. The Morgan fingerprint density at radius 3 is 2.52 bits per heavy atom. The monoisotopic (exact) mass is 314 g/mol. The number of benzene rings is 1. The Hall–Kier alpha value is -1.84. The molecule has 0 saturated carbocycles. The van der Waals surface area contributed by atoms with Crippen molar-refractivity contribution in [3.63, 3.8) is 0 Å². The van der Waals surface area contributed by atoms with Gasteiger partial charge in [0.2, 0.25) is 11.8 Å². The summed E-state index contributed by atoms with van der Waals surface area (Å²) in [6.07, 6.45) is 2.40. The van der Waals surface area contributed by atoms with Gasteiger partial charge in [0.15, 0.2) is 0 Å². The molecule has 2 amide bonds. The van der Waals surface area contributed by atoms with Gasteiger partial charge in [-0.25, -0.2) is 0 Å². The number of likely N-dealkylation sites (tertiary alicyclic amines) is 1. The molecule has 23 heavy (non-hydrogen) atoms. The number of carbonyl (C=O) groups is 2. The fourth-order valence-electron chi connectivity index (χ4n) is 3.75. The molecule has 1 unspecified atom stereocenters. The summed E-state index contributed by atoms with van der Waals surface area (Å²) < 4.78 is 0. The van der Waals surface area contributed by atoms with Crippen LogP contribution in [0, 0.1) is 11.3 Å². The molecule has 4 heteroatoms. The normalized spacial score (nSPS) is 22.0. The van der Waals surface area contributed by atoms with E-state index in [0.717, 1.165) is 37.2 Å². The molecule has 0 aliphatic carbocycles. The van der Waals surface area contributed by atoms with Crippen LogP contribution in [0.5, 0.6) is 0 Å². The van der Waals surface area contributed by atoms with Crippen LogP contribution in [0.1, 0.15) is 51.5 Å². The molecule has 3 rings (SSSR count). The molecule has 1 atom stereocenters. The maximum atomic E-state index is 12.4. The van der Waals surface area contributed by atoms with Gasteiger partial charge < -0.3 is 10.2 Å². The smallest absolute Gasteiger partial charge is 0.232 e. The van der Waals surface area contributed by atoms with E-state index in [1.807, 2.05) is 23.1 Å². The number of hydrogen-bond acceptors (Lipinski definition) is 2. The van der Waals surface area contributed by atoms with Crippen LogP contribution in [0.3, 0.4) is 0 Å². The Morgan fingerprint density at radius 1 is 1.22 bits per heavy atom. The average molecular weight is 314 g/mol. The zero-order chi connectivity index (χ0) is 16.6. The van der Waals surface area contributed by atoms with Gasteiger partial charge in [0.25, 0.3) is 0 Å². The second-order valence-electron chi connectivity index (χ2n) is 8.01. The summed E-state index contributed by atoms with van der Waals surface area (Å²) in [7, 11) is 0. The Labute approximate surface area is 138 Å².